The average molecular weight is 1050 g/mol. The number of carbonyl (C=O) groups is 5. The van der Waals surface area contributed by atoms with E-state index < -0.39 is 83.7 Å². The molecule has 1 saturated carbocycles. The van der Waals surface area contributed by atoms with E-state index in [1.165, 1.54) is 12.0 Å². The summed E-state index contributed by atoms with van der Waals surface area (Å²) in [5.41, 5.74) is 1.93. The number of aliphatic hydroxyl groups excluding tert-OH is 2. The number of fused-ring (bicyclic) bond motifs is 3. The highest BCUT2D eigenvalue weighted by Gasteiger charge is 2.53. The lowest BCUT2D eigenvalue weighted by Crippen LogP contribution is -2.60. The Hall–Kier alpha value is -4.71. The number of hydrogen-bond acceptors (Lipinski definition) is 15. The Labute approximate surface area is 445 Å². The number of benzene rings is 1. The highest BCUT2D eigenvalue weighted by molar-refractivity contribution is 6.39. The van der Waals surface area contributed by atoms with Crippen molar-refractivity contribution in [3.05, 3.63) is 65.3 Å². The first-order valence-corrected chi connectivity index (χ1v) is 27.1. The van der Waals surface area contributed by atoms with Gasteiger partial charge in [-0.3, -0.25) is 19.2 Å². The van der Waals surface area contributed by atoms with Crippen LogP contribution in [0.3, 0.4) is 0 Å². The van der Waals surface area contributed by atoms with Gasteiger partial charge >= 0.3 is 5.97 Å². The summed E-state index contributed by atoms with van der Waals surface area (Å²) in [5.74, 6) is -7.38. The largest absolute Gasteiger partial charge is 0.496 e. The van der Waals surface area contributed by atoms with Gasteiger partial charge < -0.3 is 53.4 Å². The number of cyclic esters (lactones) is 1. The van der Waals surface area contributed by atoms with Crippen LogP contribution in [0.5, 0.6) is 17.2 Å². The van der Waals surface area contributed by atoms with E-state index in [1.807, 2.05) is 58.1 Å². The molecule has 2 bridgehead atoms. The summed E-state index contributed by atoms with van der Waals surface area (Å²) in [7, 11) is 7.58. The lowest BCUT2D eigenvalue weighted by Gasteiger charge is -2.43. The van der Waals surface area contributed by atoms with E-state index in [2.05, 4.69) is 0 Å². The monoisotopic (exact) mass is 1050 g/mol. The third kappa shape index (κ3) is 15.3. The molecule has 4 aliphatic rings. The van der Waals surface area contributed by atoms with Crippen LogP contribution in [0.2, 0.25) is 0 Å². The number of ether oxygens (including phenoxy) is 7. The number of allylic oxidation sites excluding steroid dienone is 7. The molecule has 1 amide bonds. The van der Waals surface area contributed by atoms with Crippen LogP contribution in [0, 0.1) is 35.5 Å². The SMILES string of the molecule is COc1cc(OC)c([C@H]2C[C@@H]3CC[C@@H](C)[C@@](O)(O3)C(=O)C(=O)N3CCCC[C@H]3C(=O)O[C@H]([C@H](C)C[C@@H]3CC[C@@H](O)[C@H](OC)C3)CC(=O)[C@H](C)/C=C(\C)[C@@H](O)[C@@H](OC)C(=O)[C@H](C)C[C@H](C)/C=C/C=C/C=C/2C)c(OC)c1. The van der Waals surface area contributed by atoms with Crippen LogP contribution < -0.4 is 14.2 Å². The van der Waals surface area contributed by atoms with Crippen molar-refractivity contribution in [2.45, 2.75) is 180 Å². The van der Waals surface area contributed by atoms with Gasteiger partial charge in [-0.1, -0.05) is 76.6 Å². The van der Waals surface area contributed by atoms with Crippen molar-refractivity contribution in [3.8, 4) is 17.2 Å². The van der Waals surface area contributed by atoms with Gasteiger partial charge in [-0.2, -0.15) is 0 Å². The van der Waals surface area contributed by atoms with Crippen LogP contribution in [-0.2, 0) is 42.9 Å². The zero-order valence-corrected chi connectivity index (χ0v) is 46.6. The summed E-state index contributed by atoms with van der Waals surface area (Å²) in [6.45, 7) is 12.7. The van der Waals surface area contributed by atoms with E-state index in [0.29, 0.717) is 86.2 Å². The average Bonchev–Trinajstić information content (AvgIpc) is 3.40. The minimum absolute atomic E-state index is 0.0327. The fourth-order valence-corrected chi connectivity index (χ4v) is 11.6. The Bertz CT molecular complexity index is 2230. The predicted octanol–water partition coefficient (Wildman–Crippen LogP) is 7.98. The molecule has 1 aromatic carbocycles. The zero-order valence-electron chi connectivity index (χ0n) is 46.6. The van der Waals surface area contributed by atoms with Gasteiger partial charge in [0, 0.05) is 68.6 Å². The number of ketones is 3. The number of hydrogen-bond donors (Lipinski definition) is 3. The summed E-state index contributed by atoms with van der Waals surface area (Å²) < 4.78 is 41.4. The van der Waals surface area contributed by atoms with Crippen molar-refractivity contribution in [2.75, 3.05) is 42.1 Å². The first-order valence-electron chi connectivity index (χ1n) is 27.1. The van der Waals surface area contributed by atoms with Crippen molar-refractivity contribution in [1.29, 1.82) is 0 Å². The fourth-order valence-electron chi connectivity index (χ4n) is 11.6. The second kappa shape index (κ2) is 28.1. The molecule has 2 saturated heterocycles. The summed E-state index contributed by atoms with van der Waals surface area (Å²) in [5, 5.41) is 34.5. The molecule has 0 unspecified atom stereocenters. The Morgan fingerprint density at radius 3 is 2.13 bits per heavy atom. The Kier molecular flexibility index (Phi) is 22.9. The van der Waals surface area contributed by atoms with Gasteiger partial charge in [0.05, 0.1) is 39.6 Å². The minimum Gasteiger partial charge on any atom is -0.496 e. The third-order valence-electron chi connectivity index (χ3n) is 16.4. The van der Waals surface area contributed by atoms with Crippen LogP contribution >= 0.6 is 0 Å². The van der Waals surface area contributed by atoms with Gasteiger partial charge in [0.1, 0.15) is 47.4 Å². The molecular weight excluding hydrogens is 963 g/mol. The molecule has 418 valence electrons. The summed E-state index contributed by atoms with van der Waals surface area (Å²) in [6.07, 6.45) is 11.0. The van der Waals surface area contributed by atoms with E-state index in [4.69, 9.17) is 33.2 Å². The maximum absolute atomic E-state index is 14.6. The predicted molar refractivity (Wildman–Crippen MR) is 283 cm³/mol. The van der Waals surface area contributed by atoms with E-state index in [9.17, 15) is 39.3 Å². The van der Waals surface area contributed by atoms with Gasteiger partial charge in [-0.25, -0.2) is 4.79 Å². The van der Waals surface area contributed by atoms with E-state index in [-0.39, 0.29) is 61.2 Å². The molecule has 0 spiro atoms. The Balaban J connectivity index is 1.56. The van der Waals surface area contributed by atoms with Gasteiger partial charge in [-0.05, 0) is 108 Å². The molecule has 0 radical (unpaired) electrons. The number of amides is 1. The van der Waals surface area contributed by atoms with Crippen molar-refractivity contribution < 1.29 is 72.5 Å². The quantitative estimate of drug-likeness (QED) is 0.122. The van der Waals surface area contributed by atoms with Crippen molar-refractivity contribution in [2.24, 2.45) is 35.5 Å². The van der Waals surface area contributed by atoms with Gasteiger partial charge in [0.2, 0.25) is 5.79 Å². The lowest BCUT2D eigenvalue weighted by atomic mass is 9.78. The van der Waals surface area contributed by atoms with Gasteiger partial charge in [0.15, 0.2) is 5.78 Å². The molecule has 16 heteroatoms. The number of carbonyl (C=O) groups excluding carboxylic acids is 5. The number of methoxy groups -OCH3 is 5. The second-order valence-corrected chi connectivity index (χ2v) is 21.9. The normalized spacial score (nSPS) is 36.4. The Morgan fingerprint density at radius 1 is 0.800 bits per heavy atom. The van der Waals surface area contributed by atoms with Crippen molar-refractivity contribution in [3.63, 3.8) is 0 Å². The highest BCUT2D eigenvalue weighted by atomic mass is 16.6. The van der Waals surface area contributed by atoms with Crippen molar-refractivity contribution in [1.82, 2.24) is 4.90 Å². The summed E-state index contributed by atoms with van der Waals surface area (Å²) in [6, 6.07) is 2.33. The summed E-state index contributed by atoms with van der Waals surface area (Å²) >= 11 is 0. The van der Waals surface area contributed by atoms with Crippen LogP contribution in [0.1, 0.15) is 137 Å². The molecule has 75 heavy (non-hydrogen) atoms. The highest BCUT2D eigenvalue weighted by Crippen LogP contribution is 2.47. The van der Waals surface area contributed by atoms with Gasteiger partial charge in [0.25, 0.3) is 11.7 Å². The van der Waals surface area contributed by atoms with Crippen LogP contribution in [0.4, 0.5) is 0 Å². The zero-order chi connectivity index (χ0) is 55.3. The standard InChI is InChI=1S/C59H87NO15/c1-34-18-14-13-15-19-35(2)44(52-50(71-10)31-43(69-8)32-51(52)72-11)30-42-23-21-40(7)59(68,75-42)56(65)57(66)60-25-17-16-20-45(60)58(67)74-48(37(4)28-41-22-24-46(61)49(29-41)70-9)33-47(62)36(3)27-39(6)54(64)55(73-12)53(63)38(5)26-34/h13-15,18-19,27,31-32,34,36-38,40-42,44-46,48-49,54-55,61,64,68H,16-17,20-26,28-30,33H2,1-12H3/b15-13+,18-14+,35-19+,39-27+/t34-,36-,37-,38-,40-,41+,42+,44+,45+,46-,48+,49-,54-,55+,59-/m1/s1. The molecule has 16 nitrogen and oxygen atoms in total. The number of piperidine rings is 1. The molecule has 0 aromatic heterocycles. The number of rotatable bonds is 9. The maximum atomic E-state index is 14.6. The third-order valence-corrected chi connectivity index (χ3v) is 16.4. The number of esters is 1. The minimum atomic E-state index is -2.52. The number of Topliss-reactive ketones (excluding diaryl/α,β-unsaturated/α-hetero) is 3. The molecule has 3 N–H and O–H groups in total. The van der Waals surface area contributed by atoms with Crippen LogP contribution in [-0.4, -0.2) is 140 Å². The fraction of sp³-hybridized carbons (Fsp3) is 0.678. The Morgan fingerprint density at radius 2 is 1.49 bits per heavy atom. The molecule has 15 atom stereocenters. The smallest absolute Gasteiger partial charge is 0.329 e. The van der Waals surface area contributed by atoms with Crippen molar-refractivity contribution >= 4 is 29.2 Å². The molecule has 3 aliphatic heterocycles. The molecule has 1 aliphatic carbocycles. The van der Waals surface area contributed by atoms with Gasteiger partial charge in [-0.15, -0.1) is 0 Å². The first-order chi connectivity index (χ1) is 35.6. The molecule has 3 fully saturated rings. The number of aliphatic hydroxyl groups is 3. The molecular formula is C59H87NO15. The second-order valence-electron chi connectivity index (χ2n) is 21.9. The maximum Gasteiger partial charge on any atom is 0.329 e. The molecule has 3 heterocycles. The molecule has 5 rings (SSSR count). The van der Waals surface area contributed by atoms with E-state index in [0.717, 1.165) is 5.57 Å². The number of nitrogens with zero attached hydrogens (tertiary/aromatic N) is 1. The van der Waals surface area contributed by atoms with Crippen LogP contribution in [0.15, 0.2) is 59.7 Å². The first kappa shape index (κ1) is 61.1. The van der Waals surface area contributed by atoms with E-state index in [1.54, 1.807) is 67.4 Å². The lowest BCUT2D eigenvalue weighted by molar-refractivity contribution is -0.264. The summed E-state index contributed by atoms with van der Waals surface area (Å²) in [4.78, 5) is 73.2. The van der Waals surface area contributed by atoms with E-state index >= 15 is 0 Å². The van der Waals surface area contributed by atoms with Crippen LogP contribution in [0.25, 0.3) is 0 Å². The topological polar surface area (TPSA) is 214 Å². The molecule has 1 aromatic rings.